The van der Waals surface area contributed by atoms with Crippen molar-refractivity contribution in [2.45, 2.75) is 0 Å². The van der Waals surface area contributed by atoms with Crippen LogP contribution in [0, 0.1) is 0 Å². The summed E-state index contributed by atoms with van der Waals surface area (Å²) in [6.07, 6.45) is 1.45. The lowest BCUT2D eigenvalue weighted by atomic mass is 10.3. The molecule has 0 radical (unpaired) electrons. The number of halogens is 2. The van der Waals surface area contributed by atoms with E-state index in [9.17, 15) is 0 Å². The van der Waals surface area contributed by atoms with Crippen molar-refractivity contribution in [1.82, 2.24) is 9.97 Å². The number of benzene rings is 1. The molecule has 0 aliphatic carbocycles. The molecule has 1 aromatic carbocycles. The van der Waals surface area contributed by atoms with E-state index in [1.165, 1.54) is 6.33 Å². The van der Waals surface area contributed by atoms with Crippen molar-refractivity contribution < 1.29 is 4.74 Å². The van der Waals surface area contributed by atoms with E-state index in [1.54, 1.807) is 13.1 Å². The first-order chi connectivity index (χ1) is 8.19. The Hall–Kier alpha value is -1.14. The first-order valence-corrected chi connectivity index (χ1v) is 6.40. The van der Waals surface area contributed by atoms with Gasteiger partial charge in [0.2, 0.25) is 5.88 Å². The van der Waals surface area contributed by atoms with Gasteiger partial charge in [-0.05, 0) is 34.1 Å². The van der Waals surface area contributed by atoms with Crippen LogP contribution in [0.25, 0.3) is 0 Å². The molecule has 6 heteroatoms. The highest BCUT2D eigenvalue weighted by Crippen LogP contribution is 2.31. The molecule has 1 aromatic heterocycles. The Kier molecular flexibility index (Phi) is 3.96. The molecule has 17 heavy (non-hydrogen) atoms. The molecule has 0 aliphatic heterocycles. The van der Waals surface area contributed by atoms with Crippen LogP contribution < -0.4 is 10.1 Å². The third-order valence-electron chi connectivity index (χ3n) is 2.01. The summed E-state index contributed by atoms with van der Waals surface area (Å²) in [6, 6.07) is 7.40. The maximum absolute atomic E-state index is 5.65. The first kappa shape index (κ1) is 12.3. The van der Waals surface area contributed by atoms with Crippen molar-refractivity contribution in [2.24, 2.45) is 0 Å². The minimum Gasteiger partial charge on any atom is -0.438 e. The second kappa shape index (κ2) is 5.46. The van der Waals surface area contributed by atoms with Gasteiger partial charge in [0.25, 0.3) is 0 Å². The molecule has 0 aliphatic rings. The Balaban J connectivity index is 2.25. The summed E-state index contributed by atoms with van der Waals surface area (Å²) in [5.41, 5.74) is 0. The molecular formula is C11H9Br2N3O. The van der Waals surface area contributed by atoms with Gasteiger partial charge in [-0.2, -0.15) is 0 Å². The van der Waals surface area contributed by atoms with Gasteiger partial charge in [0, 0.05) is 17.6 Å². The van der Waals surface area contributed by atoms with Crippen molar-refractivity contribution in [3.8, 4) is 11.6 Å². The van der Waals surface area contributed by atoms with Crippen LogP contribution in [0.2, 0.25) is 0 Å². The molecule has 0 unspecified atom stereocenters. The summed E-state index contributed by atoms with van der Waals surface area (Å²) in [7, 11) is 1.79. The molecule has 2 rings (SSSR count). The van der Waals surface area contributed by atoms with Gasteiger partial charge in [-0.25, -0.2) is 9.97 Å². The smallest absolute Gasteiger partial charge is 0.224 e. The number of anilines is 1. The van der Waals surface area contributed by atoms with E-state index in [0.717, 1.165) is 8.95 Å². The molecule has 0 spiro atoms. The van der Waals surface area contributed by atoms with Crippen molar-refractivity contribution in [2.75, 3.05) is 12.4 Å². The van der Waals surface area contributed by atoms with Crippen LogP contribution in [0.5, 0.6) is 11.6 Å². The Morgan fingerprint density at radius 3 is 2.71 bits per heavy atom. The maximum Gasteiger partial charge on any atom is 0.224 e. The SMILES string of the molecule is CNc1cc(Oc2ccc(Br)cc2Br)ncn1. The average Bonchev–Trinajstić information content (AvgIpc) is 2.33. The van der Waals surface area contributed by atoms with E-state index in [0.29, 0.717) is 17.4 Å². The molecule has 0 atom stereocenters. The minimum absolute atomic E-state index is 0.493. The minimum atomic E-state index is 0.493. The van der Waals surface area contributed by atoms with E-state index in [2.05, 4.69) is 47.1 Å². The molecule has 0 bridgehead atoms. The van der Waals surface area contributed by atoms with E-state index in [1.807, 2.05) is 18.2 Å². The maximum atomic E-state index is 5.65. The van der Waals surface area contributed by atoms with Gasteiger partial charge >= 0.3 is 0 Å². The predicted octanol–water partition coefficient (Wildman–Crippen LogP) is 3.84. The Morgan fingerprint density at radius 1 is 1.18 bits per heavy atom. The van der Waals surface area contributed by atoms with Crippen molar-refractivity contribution in [3.63, 3.8) is 0 Å². The summed E-state index contributed by atoms with van der Waals surface area (Å²) in [4.78, 5) is 8.05. The van der Waals surface area contributed by atoms with Crippen LogP contribution in [-0.2, 0) is 0 Å². The van der Waals surface area contributed by atoms with Crippen molar-refractivity contribution >= 4 is 37.7 Å². The zero-order chi connectivity index (χ0) is 12.3. The lowest BCUT2D eigenvalue weighted by Crippen LogP contribution is -1.95. The lowest BCUT2D eigenvalue weighted by Gasteiger charge is -2.07. The van der Waals surface area contributed by atoms with Gasteiger partial charge in [0.15, 0.2) is 0 Å². The number of nitrogens with zero attached hydrogens (tertiary/aromatic N) is 2. The van der Waals surface area contributed by atoms with E-state index >= 15 is 0 Å². The zero-order valence-electron chi connectivity index (χ0n) is 8.95. The molecule has 0 saturated heterocycles. The second-order valence-corrected chi connectivity index (χ2v) is 4.94. The number of hydrogen-bond acceptors (Lipinski definition) is 4. The van der Waals surface area contributed by atoms with Gasteiger partial charge in [-0.15, -0.1) is 0 Å². The Morgan fingerprint density at radius 2 is 2.00 bits per heavy atom. The van der Waals surface area contributed by atoms with Crippen LogP contribution in [0.15, 0.2) is 39.5 Å². The van der Waals surface area contributed by atoms with Gasteiger partial charge in [-0.3, -0.25) is 0 Å². The standard InChI is InChI=1S/C11H9Br2N3O/c1-14-10-5-11(16-6-15-10)17-9-3-2-7(12)4-8(9)13/h2-6H,1H3,(H,14,15,16). The highest BCUT2D eigenvalue weighted by molar-refractivity contribution is 9.11. The highest BCUT2D eigenvalue weighted by Gasteiger charge is 2.05. The fourth-order valence-electron chi connectivity index (χ4n) is 1.20. The molecule has 0 saturated carbocycles. The summed E-state index contributed by atoms with van der Waals surface area (Å²) in [5.74, 6) is 1.91. The van der Waals surface area contributed by atoms with Crippen molar-refractivity contribution in [3.05, 3.63) is 39.5 Å². The molecule has 1 heterocycles. The third-order valence-corrected chi connectivity index (χ3v) is 3.12. The van der Waals surface area contributed by atoms with Crippen LogP contribution in [0.1, 0.15) is 0 Å². The highest BCUT2D eigenvalue weighted by atomic mass is 79.9. The lowest BCUT2D eigenvalue weighted by molar-refractivity contribution is 0.459. The number of rotatable bonds is 3. The molecule has 0 fully saturated rings. The van der Waals surface area contributed by atoms with Crippen LogP contribution in [0.4, 0.5) is 5.82 Å². The summed E-state index contributed by atoms with van der Waals surface area (Å²) >= 11 is 6.81. The Labute approximate surface area is 116 Å². The molecule has 88 valence electrons. The van der Waals surface area contributed by atoms with Crippen molar-refractivity contribution in [1.29, 1.82) is 0 Å². The monoisotopic (exact) mass is 357 g/mol. The quantitative estimate of drug-likeness (QED) is 0.905. The molecular weight excluding hydrogens is 350 g/mol. The number of nitrogens with one attached hydrogen (secondary N) is 1. The summed E-state index contributed by atoms with van der Waals surface area (Å²) in [5, 5.41) is 2.93. The predicted molar refractivity (Wildman–Crippen MR) is 73.5 cm³/mol. The van der Waals surface area contributed by atoms with Crippen LogP contribution in [-0.4, -0.2) is 17.0 Å². The molecule has 1 N–H and O–H groups in total. The van der Waals surface area contributed by atoms with E-state index in [4.69, 9.17) is 4.74 Å². The summed E-state index contributed by atoms with van der Waals surface area (Å²) < 4.78 is 7.49. The fourth-order valence-corrected chi connectivity index (χ4v) is 2.33. The fraction of sp³-hybridized carbons (Fsp3) is 0.0909. The van der Waals surface area contributed by atoms with Crippen LogP contribution >= 0.6 is 31.9 Å². The number of hydrogen-bond donors (Lipinski definition) is 1. The number of aromatic nitrogens is 2. The van der Waals surface area contributed by atoms with Gasteiger partial charge in [-0.1, -0.05) is 15.9 Å². The van der Waals surface area contributed by atoms with Gasteiger partial charge < -0.3 is 10.1 Å². The second-order valence-electron chi connectivity index (χ2n) is 3.17. The first-order valence-electron chi connectivity index (χ1n) is 4.82. The van der Waals surface area contributed by atoms with Gasteiger partial charge in [0.1, 0.15) is 17.9 Å². The zero-order valence-corrected chi connectivity index (χ0v) is 12.1. The van der Waals surface area contributed by atoms with Crippen LogP contribution in [0.3, 0.4) is 0 Å². The largest absolute Gasteiger partial charge is 0.438 e. The summed E-state index contributed by atoms with van der Waals surface area (Å²) in [6.45, 7) is 0. The Bertz CT molecular complexity index is 534. The van der Waals surface area contributed by atoms with E-state index in [-0.39, 0.29) is 0 Å². The molecule has 0 amide bonds. The number of ether oxygens (including phenoxy) is 1. The molecule has 4 nitrogen and oxygen atoms in total. The molecule has 2 aromatic rings. The topological polar surface area (TPSA) is 47.0 Å². The van der Waals surface area contributed by atoms with E-state index < -0.39 is 0 Å². The average molecular weight is 359 g/mol. The third kappa shape index (κ3) is 3.17. The normalized spacial score (nSPS) is 10.1. The van der Waals surface area contributed by atoms with Gasteiger partial charge in [0.05, 0.1) is 4.47 Å².